The number of hydrogen-bond acceptors (Lipinski definition) is 3. The van der Waals surface area contributed by atoms with Crippen LogP contribution in [0.2, 0.25) is 0 Å². The molecule has 1 aromatic heterocycles. The number of aromatic nitrogens is 2. The van der Waals surface area contributed by atoms with Gasteiger partial charge in [-0.05, 0) is 36.6 Å². The number of urea groups is 1. The van der Waals surface area contributed by atoms with Crippen molar-refractivity contribution in [3.63, 3.8) is 0 Å². The van der Waals surface area contributed by atoms with Gasteiger partial charge in [-0.1, -0.05) is 38.5 Å². The molecule has 7 heteroatoms. The molecule has 6 nitrogen and oxygen atoms in total. The molecule has 0 aliphatic carbocycles. The first-order chi connectivity index (χ1) is 15.0. The molecule has 0 unspecified atom stereocenters. The highest BCUT2D eigenvalue weighted by molar-refractivity contribution is 6.04. The van der Waals surface area contributed by atoms with Crippen molar-refractivity contribution in [2.75, 3.05) is 24.5 Å². The van der Waals surface area contributed by atoms with Gasteiger partial charge < -0.3 is 4.90 Å². The first kappa shape index (κ1) is 21.0. The number of para-hydroxylation sites is 1. The number of ketones is 1. The van der Waals surface area contributed by atoms with Crippen LogP contribution in [0.3, 0.4) is 0 Å². The molecule has 1 fully saturated rings. The lowest BCUT2D eigenvalue weighted by molar-refractivity contribution is -0.119. The molecule has 1 aliphatic rings. The molecule has 31 heavy (non-hydrogen) atoms. The van der Waals surface area contributed by atoms with E-state index in [2.05, 4.69) is 18.9 Å². The summed E-state index contributed by atoms with van der Waals surface area (Å²) < 4.78 is 15.8. The average Bonchev–Trinajstić information content (AvgIpc) is 3.32. The Kier molecular flexibility index (Phi) is 6.02. The SMILES string of the molecule is CC(C)CCCC(=O)CN1CCN(c2cccc3c2cnn3-c2ccccc2F)C1=O. The fourth-order valence-electron chi connectivity index (χ4n) is 4.04. The van der Waals surface area contributed by atoms with Crippen LogP contribution < -0.4 is 4.90 Å². The van der Waals surface area contributed by atoms with E-state index in [1.807, 2.05) is 18.2 Å². The van der Waals surface area contributed by atoms with Crippen LogP contribution in [0.1, 0.15) is 33.1 Å². The molecule has 4 rings (SSSR count). The van der Waals surface area contributed by atoms with Gasteiger partial charge in [0.25, 0.3) is 0 Å². The predicted molar refractivity (Wildman–Crippen MR) is 119 cm³/mol. The van der Waals surface area contributed by atoms with Crippen LogP contribution in [0.5, 0.6) is 0 Å². The van der Waals surface area contributed by atoms with Gasteiger partial charge in [-0.25, -0.2) is 13.9 Å². The van der Waals surface area contributed by atoms with Crippen molar-refractivity contribution in [2.45, 2.75) is 33.1 Å². The maximum absolute atomic E-state index is 14.3. The van der Waals surface area contributed by atoms with Crippen LogP contribution in [0.15, 0.2) is 48.7 Å². The van der Waals surface area contributed by atoms with Crippen molar-refractivity contribution >= 4 is 28.4 Å². The second-order valence-electron chi connectivity index (χ2n) is 8.40. The Morgan fingerprint density at radius 3 is 2.65 bits per heavy atom. The molecule has 0 N–H and O–H groups in total. The molecule has 2 heterocycles. The summed E-state index contributed by atoms with van der Waals surface area (Å²) in [5.74, 6) is 0.307. The number of carbonyl (C=O) groups excluding carboxylic acids is 2. The predicted octanol–water partition coefficient (Wildman–Crippen LogP) is 4.80. The van der Waals surface area contributed by atoms with E-state index in [1.54, 1.807) is 38.9 Å². The van der Waals surface area contributed by atoms with Crippen molar-refractivity contribution < 1.29 is 14.0 Å². The topological polar surface area (TPSA) is 58.4 Å². The third-order valence-corrected chi connectivity index (χ3v) is 5.66. The number of nitrogens with zero attached hydrogens (tertiary/aromatic N) is 4. The zero-order chi connectivity index (χ0) is 22.0. The lowest BCUT2D eigenvalue weighted by atomic mass is 10.0. The molecule has 1 aliphatic heterocycles. The molecular formula is C24H27FN4O2. The Morgan fingerprint density at radius 1 is 1.10 bits per heavy atom. The Bertz CT molecular complexity index is 1110. The van der Waals surface area contributed by atoms with Crippen LogP contribution in [-0.4, -0.2) is 46.1 Å². The molecule has 162 valence electrons. The van der Waals surface area contributed by atoms with Crippen LogP contribution in [0.25, 0.3) is 16.6 Å². The van der Waals surface area contributed by atoms with E-state index in [0.717, 1.165) is 29.4 Å². The fourth-order valence-corrected chi connectivity index (χ4v) is 4.04. The van der Waals surface area contributed by atoms with Crippen molar-refractivity contribution in [1.29, 1.82) is 0 Å². The minimum absolute atomic E-state index is 0.0985. The van der Waals surface area contributed by atoms with E-state index >= 15 is 0 Å². The van der Waals surface area contributed by atoms with Gasteiger partial charge in [0.2, 0.25) is 0 Å². The van der Waals surface area contributed by atoms with Gasteiger partial charge in [0.05, 0.1) is 23.9 Å². The second-order valence-corrected chi connectivity index (χ2v) is 8.40. The number of fused-ring (bicyclic) bond motifs is 1. The molecule has 0 saturated carbocycles. The van der Waals surface area contributed by atoms with E-state index in [9.17, 15) is 14.0 Å². The molecule has 0 spiro atoms. The summed E-state index contributed by atoms with van der Waals surface area (Å²) in [5.41, 5.74) is 1.80. The zero-order valence-electron chi connectivity index (χ0n) is 17.9. The number of halogens is 1. The normalized spacial score (nSPS) is 14.3. The molecule has 2 aromatic carbocycles. The number of rotatable bonds is 8. The van der Waals surface area contributed by atoms with Crippen molar-refractivity contribution in [1.82, 2.24) is 14.7 Å². The van der Waals surface area contributed by atoms with Crippen molar-refractivity contribution in [3.8, 4) is 5.69 Å². The summed E-state index contributed by atoms with van der Waals surface area (Å²) in [6.45, 7) is 5.44. The summed E-state index contributed by atoms with van der Waals surface area (Å²) in [5, 5.41) is 5.14. The summed E-state index contributed by atoms with van der Waals surface area (Å²) >= 11 is 0. The van der Waals surface area contributed by atoms with Crippen LogP contribution >= 0.6 is 0 Å². The molecule has 2 amide bonds. The maximum atomic E-state index is 14.3. The quantitative estimate of drug-likeness (QED) is 0.524. The molecular weight excluding hydrogens is 395 g/mol. The lowest BCUT2D eigenvalue weighted by Crippen LogP contribution is -2.35. The Hall–Kier alpha value is -3.22. The Labute approximate surface area is 181 Å². The number of amides is 2. The third-order valence-electron chi connectivity index (χ3n) is 5.66. The van der Waals surface area contributed by atoms with Gasteiger partial charge in [0, 0.05) is 24.9 Å². The van der Waals surface area contributed by atoms with Gasteiger partial charge >= 0.3 is 6.03 Å². The summed E-state index contributed by atoms with van der Waals surface area (Å²) in [4.78, 5) is 28.6. The van der Waals surface area contributed by atoms with Crippen LogP contribution in [0, 0.1) is 11.7 Å². The Morgan fingerprint density at radius 2 is 1.87 bits per heavy atom. The monoisotopic (exact) mass is 422 g/mol. The number of carbonyl (C=O) groups is 2. The third kappa shape index (κ3) is 4.31. The highest BCUT2D eigenvalue weighted by Gasteiger charge is 2.32. The van der Waals surface area contributed by atoms with E-state index < -0.39 is 0 Å². The lowest BCUT2D eigenvalue weighted by Gasteiger charge is -2.19. The van der Waals surface area contributed by atoms with E-state index in [-0.39, 0.29) is 24.2 Å². The first-order valence-electron chi connectivity index (χ1n) is 10.8. The molecule has 0 bridgehead atoms. The van der Waals surface area contributed by atoms with Gasteiger partial charge in [0.15, 0.2) is 5.78 Å². The first-order valence-corrected chi connectivity index (χ1v) is 10.8. The molecule has 1 saturated heterocycles. The Balaban J connectivity index is 1.53. The highest BCUT2D eigenvalue weighted by atomic mass is 19.1. The van der Waals surface area contributed by atoms with Crippen molar-refractivity contribution in [2.24, 2.45) is 5.92 Å². The largest absolute Gasteiger partial charge is 0.325 e. The number of Topliss-reactive ketones (excluding diaryl/α,β-unsaturated/α-hetero) is 1. The van der Waals surface area contributed by atoms with Gasteiger partial charge in [-0.15, -0.1) is 0 Å². The number of benzene rings is 2. The standard InChI is InChI=1S/C24H27FN4O2/c1-17(2)7-5-8-18(30)16-27-13-14-28(24(27)31)21-11-6-12-22-19(21)15-26-29(22)23-10-4-3-9-20(23)25/h3-4,6,9-12,15,17H,5,7-8,13-14,16H2,1-2H3. The van der Waals surface area contributed by atoms with Gasteiger partial charge in [0.1, 0.15) is 11.5 Å². The van der Waals surface area contributed by atoms with Gasteiger partial charge in [-0.3, -0.25) is 9.69 Å². The van der Waals surface area contributed by atoms with E-state index in [0.29, 0.717) is 31.1 Å². The summed E-state index contributed by atoms with van der Waals surface area (Å²) in [6, 6.07) is 11.8. The molecule has 0 radical (unpaired) electrons. The summed E-state index contributed by atoms with van der Waals surface area (Å²) in [6.07, 6.45) is 4.04. The maximum Gasteiger partial charge on any atom is 0.325 e. The zero-order valence-corrected chi connectivity index (χ0v) is 17.9. The van der Waals surface area contributed by atoms with Crippen LogP contribution in [0.4, 0.5) is 14.9 Å². The second kappa shape index (κ2) is 8.88. The summed E-state index contributed by atoms with van der Waals surface area (Å²) in [7, 11) is 0. The van der Waals surface area contributed by atoms with E-state index in [1.165, 1.54) is 6.07 Å². The smallest absolute Gasteiger partial charge is 0.315 e. The highest BCUT2D eigenvalue weighted by Crippen LogP contribution is 2.31. The molecule has 3 aromatic rings. The molecule has 0 atom stereocenters. The minimum atomic E-state index is -0.364. The van der Waals surface area contributed by atoms with Crippen molar-refractivity contribution in [3.05, 3.63) is 54.5 Å². The minimum Gasteiger partial charge on any atom is -0.315 e. The number of hydrogen-bond donors (Lipinski definition) is 0. The van der Waals surface area contributed by atoms with Gasteiger partial charge in [-0.2, -0.15) is 5.10 Å². The van der Waals surface area contributed by atoms with E-state index in [4.69, 9.17) is 0 Å². The van der Waals surface area contributed by atoms with Crippen LogP contribution in [-0.2, 0) is 4.79 Å². The number of anilines is 1. The average molecular weight is 423 g/mol. The fraction of sp³-hybridized carbons (Fsp3) is 0.375.